The van der Waals surface area contributed by atoms with Crippen molar-refractivity contribution in [3.05, 3.63) is 58.0 Å². The molecule has 112 valence electrons. The van der Waals surface area contributed by atoms with Gasteiger partial charge in [-0.05, 0) is 64.9 Å². The molecule has 0 saturated heterocycles. The van der Waals surface area contributed by atoms with E-state index < -0.39 is 0 Å². The van der Waals surface area contributed by atoms with Gasteiger partial charge in [-0.2, -0.15) is 0 Å². The summed E-state index contributed by atoms with van der Waals surface area (Å²) in [7, 11) is 0. The normalized spacial score (nSPS) is 20.7. The fourth-order valence-corrected chi connectivity index (χ4v) is 4.02. The molecule has 0 bridgehead atoms. The minimum absolute atomic E-state index is 0.230. The van der Waals surface area contributed by atoms with Crippen molar-refractivity contribution in [2.45, 2.75) is 44.6 Å². The number of rotatable bonds is 2. The van der Waals surface area contributed by atoms with Crippen LogP contribution in [0.25, 0.3) is 22.9 Å². The van der Waals surface area contributed by atoms with Gasteiger partial charge in [0.1, 0.15) is 0 Å². The first-order valence-electron chi connectivity index (χ1n) is 8.43. The van der Waals surface area contributed by atoms with Gasteiger partial charge in [0.05, 0.1) is 0 Å². The Morgan fingerprint density at radius 2 is 1.95 bits per heavy atom. The molecule has 2 aliphatic carbocycles. The third-order valence-electron chi connectivity index (χ3n) is 5.04. The van der Waals surface area contributed by atoms with Crippen molar-refractivity contribution in [2.24, 2.45) is 5.73 Å². The van der Waals surface area contributed by atoms with Gasteiger partial charge in [0.2, 0.25) is 0 Å². The molecule has 1 nitrogen and oxygen atoms in total. The number of aryl methyl sites for hydroxylation is 1. The second kappa shape index (κ2) is 5.40. The first kappa shape index (κ1) is 13.8. The number of hydrogen-bond acceptors (Lipinski definition) is 1. The zero-order chi connectivity index (χ0) is 15.1. The van der Waals surface area contributed by atoms with Crippen molar-refractivity contribution in [2.75, 3.05) is 0 Å². The van der Waals surface area contributed by atoms with Crippen molar-refractivity contribution in [3.63, 3.8) is 0 Å². The Morgan fingerprint density at radius 3 is 2.82 bits per heavy atom. The number of allylic oxidation sites excluding steroid dienone is 2. The number of nitrogens with two attached hydrogens (primary N) is 1. The van der Waals surface area contributed by atoms with E-state index in [-0.39, 0.29) is 6.04 Å². The Bertz CT molecular complexity index is 871. The molecule has 2 aromatic rings. The molecule has 2 N–H and O–H groups in total. The van der Waals surface area contributed by atoms with E-state index in [1.54, 1.807) is 0 Å². The molecule has 0 spiro atoms. The summed E-state index contributed by atoms with van der Waals surface area (Å²) in [4.78, 5) is 0. The van der Waals surface area contributed by atoms with Crippen molar-refractivity contribution in [3.8, 4) is 0 Å². The fourth-order valence-electron chi connectivity index (χ4n) is 4.02. The smallest absolute Gasteiger partial charge is 0.00418 e. The van der Waals surface area contributed by atoms with Gasteiger partial charge in [0.15, 0.2) is 0 Å². The highest BCUT2D eigenvalue weighted by Gasteiger charge is 2.16. The first-order valence-corrected chi connectivity index (χ1v) is 8.43. The summed E-state index contributed by atoms with van der Waals surface area (Å²) < 4.78 is 0. The van der Waals surface area contributed by atoms with Crippen molar-refractivity contribution >= 4 is 22.9 Å². The van der Waals surface area contributed by atoms with Crippen LogP contribution in [0.5, 0.6) is 0 Å². The summed E-state index contributed by atoms with van der Waals surface area (Å²) >= 11 is 0. The topological polar surface area (TPSA) is 26.0 Å². The zero-order valence-corrected chi connectivity index (χ0v) is 13.2. The van der Waals surface area contributed by atoms with E-state index in [1.807, 2.05) is 0 Å². The van der Waals surface area contributed by atoms with E-state index in [1.165, 1.54) is 51.6 Å². The van der Waals surface area contributed by atoms with Gasteiger partial charge in [-0.1, -0.05) is 48.6 Å². The van der Waals surface area contributed by atoms with Gasteiger partial charge in [0.25, 0.3) is 0 Å². The molecule has 0 aliphatic heterocycles. The van der Waals surface area contributed by atoms with Crippen LogP contribution in [0.4, 0.5) is 0 Å². The molecular weight excluding hydrogens is 266 g/mol. The molecular formula is C21H23N. The van der Waals surface area contributed by atoms with Crippen LogP contribution < -0.4 is 16.2 Å². The summed E-state index contributed by atoms with van der Waals surface area (Å²) in [6, 6.07) is 9.54. The Balaban J connectivity index is 1.97. The lowest BCUT2D eigenvalue weighted by atomic mass is 9.85. The highest BCUT2D eigenvalue weighted by atomic mass is 14.6. The summed E-state index contributed by atoms with van der Waals surface area (Å²) in [5.74, 6) is 0.449. The maximum atomic E-state index is 6.04. The van der Waals surface area contributed by atoms with Crippen LogP contribution >= 0.6 is 0 Å². The van der Waals surface area contributed by atoms with Gasteiger partial charge in [-0.25, -0.2) is 0 Å². The largest absolute Gasteiger partial charge is 0.328 e. The molecule has 0 fully saturated rings. The third kappa shape index (κ3) is 2.21. The summed E-state index contributed by atoms with van der Waals surface area (Å²) in [5, 5.41) is 5.68. The predicted molar refractivity (Wildman–Crippen MR) is 95.2 cm³/mol. The molecule has 0 amide bonds. The van der Waals surface area contributed by atoms with E-state index in [0.29, 0.717) is 5.92 Å². The van der Waals surface area contributed by atoms with Crippen LogP contribution in [0.3, 0.4) is 0 Å². The fraction of sp³-hybridized carbons (Fsp3) is 0.333. The Labute approximate surface area is 131 Å². The zero-order valence-electron chi connectivity index (χ0n) is 13.2. The minimum atomic E-state index is 0.230. The maximum Gasteiger partial charge on any atom is 0.00418 e. The van der Waals surface area contributed by atoms with Crippen LogP contribution in [0.2, 0.25) is 0 Å². The summed E-state index contributed by atoms with van der Waals surface area (Å²) in [5.41, 5.74) is 8.98. The summed E-state index contributed by atoms with van der Waals surface area (Å²) in [6.45, 7) is 2.10. The van der Waals surface area contributed by atoms with Gasteiger partial charge in [0, 0.05) is 12.0 Å². The van der Waals surface area contributed by atoms with E-state index in [2.05, 4.69) is 55.5 Å². The number of benzene rings is 2. The minimum Gasteiger partial charge on any atom is -0.328 e. The van der Waals surface area contributed by atoms with Crippen molar-refractivity contribution in [1.82, 2.24) is 0 Å². The second-order valence-corrected chi connectivity index (χ2v) is 6.77. The Morgan fingerprint density at radius 1 is 1.14 bits per heavy atom. The molecule has 1 heteroatoms. The van der Waals surface area contributed by atoms with Gasteiger partial charge < -0.3 is 5.73 Å². The summed E-state index contributed by atoms with van der Waals surface area (Å²) in [6.07, 6.45) is 13.9. The predicted octanol–water partition coefficient (Wildman–Crippen LogP) is 3.13. The number of hydrogen-bond donors (Lipinski definition) is 1. The van der Waals surface area contributed by atoms with Gasteiger partial charge in [-0.15, -0.1) is 0 Å². The quantitative estimate of drug-likeness (QED) is 0.903. The van der Waals surface area contributed by atoms with E-state index in [0.717, 1.165) is 6.42 Å². The molecule has 0 aromatic heterocycles. The van der Waals surface area contributed by atoms with Crippen LogP contribution in [-0.2, 0) is 6.42 Å². The van der Waals surface area contributed by atoms with Crippen LogP contribution in [0.1, 0.15) is 43.2 Å². The third-order valence-corrected chi connectivity index (χ3v) is 5.04. The van der Waals surface area contributed by atoms with Crippen molar-refractivity contribution < 1.29 is 0 Å². The molecule has 4 rings (SSSR count). The lowest BCUT2D eigenvalue weighted by Crippen LogP contribution is -2.24. The molecule has 2 atom stereocenters. The molecule has 2 aromatic carbocycles. The van der Waals surface area contributed by atoms with E-state index in [4.69, 9.17) is 5.73 Å². The molecule has 0 saturated carbocycles. The SMILES string of the molecule is CC(N)C[C@@H]1C=CC=c2c1ccc1c3c(ccc21)CCCC=3. The molecule has 0 radical (unpaired) electrons. The average Bonchev–Trinajstić information content (AvgIpc) is 2.54. The molecule has 2 aliphatic rings. The highest BCUT2D eigenvalue weighted by molar-refractivity contribution is 5.87. The molecule has 0 heterocycles. The standard InChI is InChI=1S/C21H23N/c1-14(22)13-16-6-4-8-19-18(16)11-12-20-17-7-3-2-5-15(17)9-10-21(19)20/h4,6-12,14,16H,2-3,5,13,22H2,1H3/t14?,16-/m0/s1. The van der Waals surface area contributed by atoms with Crippen LogP contribution in [0, 0.1) is 0 Å². The molecule has 1 unspecified atom stereocenters. The highest BCUT2D eigenvalue weighted by Crippen LogP contribution is 2.25. The lowest BCUT2D eigenvalue weighted by Gasteiger charge is -2.21. The second-order valence-electron chi connectivity index (χ2n) is 6.77. The number of fused-ring (bicyclic) bond motifs is 5. The first-order chi connectivity index (χ1) is 10.7. The Kier molecular flexibility index (Phi) is 3.38. The average molecular weight is 289 g/mol. The van der Waals surface area contributed by atoms with Crippen LogP contribution in [-0.4, -0.2) is 6.04 Å². The Hall–Kier alpha value is -1.86. The van der Waals surface area contributed by atoms with Gasteiger partial charge in [-0.3, -0.25) is 0 Å². The lowest BCUT2D eigenvalue weighted by molar-refractivity contribution is 0.617. The van der Waals surface area contributed by atoms with E-state index >= 15 is 0 Å². The van der Waals surface area contributed by atoms with Crippen LogP contribution in [0.15, 0.2) is 36.4 Å². The van der Waals surface area contributed by atoms with Gasteiger partial charge >= 0.3 is 0 Å². The monoisotopic (exact) mass is 289 g/mol. The molecule has 22 heavy (non-hydrogen) atoms. The maximum absolute atomic E-state index is 6.04. The van der Waals surface area contributed by atoms with Crippen molar-refractivity contribution in [1.29, 1.82) is 0 Å². The van der Waals surface area contributed by atoms with E-state index in [9.17, 15) is 0 Å².